The minimum atomic E-state index is -4.03. The molecule has 0 unspecified atom stereocenters. The molecule has 0 aliphatic carbocycles. The monoisotopic (exact) mass is 516 g/mol. The molecule has 5 heterocycles. The Bertz CT molecular complexity index is 1710. The highest BCUT2D eigenvalue weighted by Gasteiger charge is 2.24. The fourth-order valence-electron chi connectivity index (χ4n) is 4.02. The van der Waals surface area contributed by atoms with E-state index in [1.807, 2.05) is 66.8 Å². The molecular weight excluding hydrogens is 503 g/mol. The molecule has 1 aromatic carbocycles. The van der Waals surface area contributed by atoms with Gasteiger partial charge in [0, 0.05) is 21.8 Å². The largest absolute Gasteiger partial charge is 0.262 e. The Morgan fingerprint density at radius 1 is 0.629 bits per heavy atom. The third kappa shape index (κ3) is 4.30. The van der Waals surface area contributed by atoms with Crippen LogP contribution in [0.4, 0.5) is 0 Å². The minimum Gasteiger partial charge on any atom is -0.249 e. The van der Waals surface area contributed by atoms with Crippen LogP contribution >= 0.6 is 22.3 Å². The number of fused-ring (bicyclic) bond motifs is 4. The number of benzene rings is 1. The van der Waals surface area contributed by atoms with Crippen LogP contribution in [-0.4, -0.2) is 31.3 Å². The van der Waals surface area contributed by atoms with E-state index in [1.54, 1.807) is 12.1 Å². The molecule has 0 atom stereocenters. The fraction of sp³-hybridized carbons (Fsp3) is 0. The number of aliphatic imine (C=N–C) groups is 4. The van der Waals surface area contributed by atoms with Crippen LogP contribution in [0.25, 0.3) is 5.57 Å². The number of halogens is 2. The van der Waals surface area contributed by atoms with Crippen molar-refractivity contribution in [3.05, 3.63) is 118 Å². The third-order valence-electron chi connectivity index (χ3n) is 5.55. The lowest BCUT2D eigenvalue weighted by molar-refractivity contribution is 0.609. The zero-order chi connectivity index (χ0) is 24.2. The number of nitrogens with zero attached hydrogens (tertiary/aromatic N) is 4. The van der Waals surface area contributed by atoms with Crippen molar-refractivity contribution in [1.29, 1.82) is 0 Å². The molecule has 5 aliphatic heterocycles. The molecule has 0 N–H and O–H groups in total. The smallest absolute Gasteiger partial charge is 0.249 e. The average molecular weight is 517 g/mol. The first kappa shape index (κ1) is 21.9. The van der Waals surface area contributed by atoms with Gasteiger partial charge in [0.1, 0.15) is 4.90 Å². The summed E-state index contributed by atoms with van der Waals surface area (Å²) in [5.41, 5.74) is 6.96. The first-order valence-electron chi connectivity index (χ1n) is 10.5. The second kappa shape index (κ2) is 8.23. The molecule has 0 saturated carbocycles. The molecule has 170 valence electrons. The van der Waals surface area contributed by atoms with Gasteiger partial charge in [-0.2, -0.15) is 0 Å². The van der Waals surface area contributed by atoms with Crippen LogP contribution in [0.3, 0.4) is 0 Å². The van der Waals surface area contributed by atoms with Gasteiger partial charge in [0.05, 0.1) is 50.7 Å². The molecule has 9 heteroatoms. The van der Waals surface area contributed by atoms with Gasteiger partial charge in [-0.05, 0) is 72.9 Å². The minimum absolute atomic E-state index is 0.0349. The van der Waals surface area contributed by atoms with Gasteiger partial charge in [0.15, 0.2) is 0 Å². The van der Waals surface area contributed by atoms with Crippen LogP contribution in [0, 0.1) is 0 Å². The molecule has 5 aliphatic rings. The lowest BCUT2D eigenvalue weighted by atomic mass is 10.0. The predicted octanol–water partition coefficient (Wildman–Crippen LogP) is 5.69. The second-order valence-corrected chi connectivity index (χ2v) is 10.9. The molecule has 1 aromatic rings. The van der Waals surface area contributed by atoms with E-state index in [1.165, 1.54) is 6.07 Å². The molecule has 0 radical (unpaired) electrons. The Hall–Kier alpha value is -3.65. The summed E-state index contributed by atoms with van der Waals surface area (Å²) in [6, 6.07) is 4.71. The Morgan fingerprint density at radius 2 is 1.17 bits per heavy atom. The Kier molecular flexibility index (Phi) is 5.14. The summed E-state index contributed by atoms with van der Waals surface area (Å²) >= 11 is 6.51. The van der Waals surface area contributed by atoms with Crippen molar-refractivity contribution >= 4 is 59.8 Å². The van der Waals surface area contributed by atoms with E-state index < -0.39 is 9.05 Å². The van der Waals surface area contributed by atoms with Crippen LogP contribution in [0.15, 0.2) is 133 Å². The first-order chi connectivity index (χ1) is 16.8. The molecule has 0 amide bonds. The lowest BCUT2D eigenvalue weighted by Crippen LogP contribution is -2.00. The maximum Gasteiger partial charge on any atom is 0.262 e. The maximum absolute atomic E-state index is 12.0. The number of hydrogen-bond donors (Lipinski definition) is 0. The van der Waals surface area contributed by atoms with Crippen molar-refractivity contribution in [3.63, 3.8) is 0 Å². The van der Waals surface area contributed by atoms with Gasteiger partial charge in [-0.25, -0.2) is 28.4 Å². The molecule has 6 nitrogen and oxygen atoms in total. The number of hydrogen-bond acceptors (Lipinski definition) is 6. The SMILES string of the molecule is O=S(=O)(Cl)c1cccc(C2=CC3=CC4=NC(=CC5=NC(=CC6=NC(=CC2=N3)C=C6)C=C5)C=C4)c1Cl. The first-order valence-corrected chi connectivity index (χ1v) is 13.2. The highest BCUT2D eigenvalue weighted by atomic mass is 35.7. The van der Waals surface area contributed by atoms with Crippen molar-refractivity contribution in [2.24, 2.45) is 20.0 Å². The predicted molar refractivity (Wildman–Crippen MR) is 142 cm³/mol. The Labute approximate surface area is 211 Å². The number of rotatable bonds is 2. The van der Waals surface area contributed by atoms with Gasteiger partial charge in [-0.3, -0.25) is 0 Å². The van der Waals surface area contributed by atoms with E-state index in [9.17, 15) is 8.42 Å². The van der Waals surface area contributed by atoms with Gasteiger partial charge in [-0.1, -0.05) is 23.7 Å². The quantitative estimate of drug-likeness (QED) is 0.473. The van der Waals surface area contributed by atoms with E-state index in [-0.39, 0.29) is 9.92 Å². The Balaban J connectivity index is 1.53. The van der Waals surface area contributed by atoms with Gasteiger partial charge in [0.25, 0.3) is 9.05 Å². The van der Waals surface area contributed by atoms with Crippen molar-refractivity contribution in [2.45, 2.75) is 4.90 Å². The molecular formula is C26H14Cl2N4O2S. The summed E-state index contributed by atoms with van der Waals surface area (Å²) < 4.78 is 24.0. The van der Waals surface area contributed by atoms with Crippen molar-refractivity contribution < 1.29 is 8.42 Å². The standard InChI is InChI=1S/C26H14Cl2N4O2S/c27-26-22(2-1-3-25(26)35(28,33)34)23-13-21-12-19-7-6-17(30-19)10-15-4-5-16(29-15)11-18-8-9-20(31-18)14-24(23)32-21/h1-14H. The summed E-state index contributed by atoms with van der Waals surface area (Å²) in [6.45, 7) is 0. The molecule has 35 heavy (non-hydrogen) atoms. The topological polar surface area (TPSA) is 83.6 Å². The molecule has 0 saturated heterocycles. The van der Waals surface area contributed by atoms with Gasteiger partial charge >= 0.3 is 0 Å². The number of allylic oxidation sites excluding steroid dienone is 12. The third-order valence-corrected chi connectivity index (χ3v) is 7.44. The van der Waals surface area contributed by atoms with Crippen molar-refractivity contribution in [1.82, 2.24) is 0 Å². The van der Waals surface area contributed by atoms with Gasteiger partial charge in [0.2, 0.25) is 0 Å². The van der Waals surface area contributed by atoms with E-state index in [0.29, 0.717) is 28.2 Å². The fourth-order valence-corrected chi connectivity index (χ4v) is 5.62. The molecule has 0 aromatic heterocycles. The van der Waals surface area contributed by atoms with Crippen molar-refractivity contribution in [2.75, 3.05) is 0 Å². The van der Waals surface area contributed by atoms with Crippen LogP contribution in [0.2, 0.25) is 5.02 Å². The summed E-state index contributed by atoms with van der Waals surface area (Å²) in [5, 5.41) is 0.0349. The molecule has 0 fully saturated rings. The zero-order valence-electron chi connectivity index (χ0n) is 17.9. The van der Waals surface area contributed by atoms with Crippen LogP contribution in [0.5, 0.6) is 0 Å². The molecule has 0 spiro atoms. The zero-order valence-corrected chi connectivity index (χ0v) is 20.2. The highest BCUT2D eigenvalue weighted by Crippen LogP contribution is 2.36. The maximum atomic E-state index is 12.0. The highest BCUT2D eigenvalue weighted by molar-refractivity contribution is 8.13. The van der Waals surface area contributed by atoms with Gasteiger partial charge in [-0.15, -0.1) is 0 Å². The molecule has 6 rings (SSSR count). The normalized spacial score (nSPS) is 20.0. The Morgan fingerprint density at radius 3 is 1.74 bits per heavy atom. The summed E-state index contributed by atoms with van der Waals surface area (Å²) in [4.78, 5) is 18.5. The summed E-state index contributed by atoms with van der Waals surface area (Å²) in [6.07, 6.45) is 20.8. The van der Waals surface area contributed by atoms with E-state index in [4.69, 9.17) is 27.3 Å². The molecule has 8 bridgehead atoms. The summed E-state index contributed by atoms with van der Waals surface area (Å²) in [5.74, 6) is 0. The lowest BCUT2D eigenvalue weighted by Gasteiger charge is -2.09. The average Bonchev–Trinajstić information content (AvgIpc) is 3.58. The second-order valence-electron chi connectivity index (χ2n) is 8.00. The van der Waals surface area contributed by atoms with Crippen LogP contribution < -0.4 is 0 Å². The van der Waals surface area contributed by atoms with Crippen molar-refractivity contribution in [3.8, 4) is 0 Å². The van der Waals surface area contributed by atoms with E-state index in [2.05, 4.69) is 15.0 Å². The van der Waals surface area contributed by atoms with E-state index in [0.717, 1.165) is 28.5 Å². The van der Waals surface area contributed by atoms with Gasteiger partial charge < -0.3 is 0 Å². The van der Waals surface area contributed by atoms with Crippen LogP contribution in [0.1, 0.15) is 5.56 Å². The summed E-state index contributed by atoms with van der Waals surface area (Å²) in [7, 11) is 1.58. The van der Waals surface area contributed by atoms with E-state index >= 15 is 0 Å². The van der Waals surface area contributed by atoms with Crippen LogP contribution in [-0.2, 0) is 9.05 Å².